The lowest BCUT2D eigenvalue weighted by Gasteiger charge is -2.12. The number of carbonyl (C=O) groups excluding carboxylic acids is 1. The van der Waals surface area contributed by atoms with Crippen molar-refractivity contribution in [2.24, 2.45) is 0 Å². The monoisotopic (exact) mass is 433 g/mol. The molecule has 5 rings (SSSR count). The zero-order valence-corrected chi connectivity index (χ0v) is 17.6. The van der Waals surface area contributed by atoms with Crippen LogP contribution in [-0.2, 0) is 16.1 Å². The molecule has 0 bridgehead atoms. The number of aromatic nitrogens is 5. The highest BCUT2D eigenvalue weighted by Gasteiger charge is 2.22. The van der Waals surface area contributed by atoms with Gasteiger partial charge in [0.1, 0.15) is 15.2 Å². The molecule has 1 aromatic carbocycles. The first kappa shape index (κ1) is 19.4. The number of pyridine rings is 1. The summed E-state index contributed by atoms with van der Waals surface area (Å²) in [6.07, 6.45) is 2.56. The van der Waals surface area contributed by atoms with Crippen molar-refractivity contribution in [1.29, 1.82) is 0 Å². The van der Waals surface area contributed by atoms with Gasteiger partial charge in [0.25, 0.3) is 5.56 Å². The molecule has 4 heterocycles. The fraction of sp³-hybridized carbons (Fsp3) is 0.227. The number of hydrogen-bond donors (Lipinski definition) is 0. The molecular formula is C22H19N5O3S. The molecule has 31 heavy (non-hydrogen) atoms. The number of carbonyl (C=O) groups is 1. The van der Waals surface area contributed by atoms with Crippen LogP contribution in [0.2, 0.25) is 0 Å². The molecule has 0 N–H and O–H groups in total. The van der Waals surface area contributed by atoms with Crippen molar-refractivity contribution in [3.63, 3.8) is 0 Å². The summed E-state index contributed by atoms with van der Waals surface area (Å²) in [4.78, 5) is 30.4. The van der Waals surface area contributed by atoms with E-state index < -0.39 is 0 Å². The van der Waals surface area contributed by atoms with Gasteiger partial charge in [-0.15, -0.1) is 16.4 Å². The lowest BCUT2D eigenvalue weighted by atomic mass is 10.1. The SMILES string of the molecule is CCOC(=O)CCCn1c2c(sc3ncccc32)c(=O)n2nnc(-c3ccccc3)c12. The fourth-order valence-corrected chi connectivity index (χ4v) is 4.88. The second kappa shape index (κ2) is 7.92. The van der Waals surface area contributed by atoms with E-state index in [4.69, 9.17) is 4.74 Å². The smallest absolute Gasteiger partial charge is 0.305 e. The van der Waals surface area contributed by atoms with Crippen LogP contribution in [-0.4, -0.2) is 37.0 Å². The first-order valence-electron chi connectivity index (χ1n) is 10.1. The lowest BCUT2D eigenvalue weighted by Crippen LogP contribution is -2.19. The zero-order chi connectivity index (χ0) is 21.4. The number of rotatable bonds is 6. The predicted octanol–water partition coefficient (Wildman–Crippen LogP) is 3.66. The minimum absolute atomic E-state index is 0.218. The Morgan fingerprint density at radius 1 is 1.16 bits per heavy atom. The van der Waals surface area contributed by atoms with Crippen LogP contribution >= 0.6 is 11.3 Å². The highest BCUT2D eigenvalue weighted by Crippen LogP contribution is 2.33. The number of thiophene rings is 1. The van der Waals surface area contributed by atoms with Gasteiger partial charge >= 0.3 is 5.97 Å². The van der Waals surface area contributed by atoms with Crippen molar-refractivity contribution in [3.05, 3.63) is 59.0 Å². The van der Waals surface area contributed by atoms with Gasteiger partial charge in [0.15, 0.2) is 5.65 Å². The molecule has 0 fully saturated rings. The molecule has 0 saturated carbocycles. The van der Waals surface area contributed by atoms with Gasteiger partial charge in [-0.3, -0.25) is 9.59 Å². The molecule has 5 aromatic rings. The number of fused-ring (bicyclic) bond motifs is 4. The predicted molar refractivity (Wildman–Crippen MR) is 119 cm³/mol. The quantitative estimate of drug-likeness (QED) is 0.380. The summed E-state index contributed by atoms with van der Waals surface area (Å²) in [5, 5.41) is 9.41. The Bertz CT molecular complexity index is 1470. The molecule has 0 atom stereocenters. The van der Waals surface area contributed by atoms with E-state index in [1.807, 2.05) is 47.0 Å². The van der Waals surface area contributed by atoms with Gasteiger partial charge in [0, 0.05) is 30.1 Å². The number of ether oxygens (including phenoxy) is 1. The van der Waals surface area contributed by atoms with Crippen molar-refractivity contribution >= 4 is 43.4 Å². The highest BCUT2D eigenvalue weighted by atomic mass is 32.1. The van der Waals surface area contributed by atoms with Crippen LogP contribution in [0.1, 0.15) is 19.8 Å². The third-order valence-corrected chi connectivity index (χ3v) is 6.20. The normalized spacial score (nSPS) is 11.5. The van der Waals surface area contributed by atoms with Crippen molar-refractivity contribution in [2.45, 2.75) is 26.3 Å². The third kappa shape index (κ3) is 3.27. The molecule has 0 amide bonds. The highest BCUT2D eigenvalue weighted by molar-refractivity contribution is 7.25. The van der Waals surface area contributed by atoms with Gasteiger partial charge in [-0.1, -0.05) is 35.5 Å². The first-order valence-corrected chi connectivity index (χ1v) is 10.9. The summed E-state index contributed by atoms with van der Waals surface area (Å²) in [5.41, 5.74) is 2.68. The Labute approximate surface area is 180 Å². The fourth-order valence-electron chi connectivity index (χ4n) is 3.81. The van der Waals surface area contributed by atoms with E-state index in [1.165, 1.54) is 15.9 Å². The van der Waals surface area contributed by atoms with Crippen LogP contribution in [0.3, 0.4) is 0 Å². The van der Waals surface area contributed by atoms with Gasteiger partial charge < -0.3 is 9.30 Å². The summed E-state index contributed by atoms with van der Waals surface area (Å²) in [7, 11) is 0. The van der Waals surface area contributed by atoms with E-state index in [1.54, 1.807) is 13.1 Å². The lowest BCUT2D eigenvalue weighted by molar-refractivity contribution is -0.143. The molecule has 0 aliphatic heterocycles. The van der Waals surface area contributed by atoms with Gasteiger partial charge in [0.05, 0.1) is 12.1 Å². The largest absolute Gasteiger partial charge is 0.466 e. The second-order valence-corrected chi connectivity index (χ2v) is 8.04. The minimum atomic E-state index is -0.234. The van der Waals surface area contributed by atoms with Crippen LogP contribution in [0.15, 0.2) is 53.5 Å². The van der Waals surface area contributed by atoms with Crippen LogP contribution in [0, 0.1) is 0 Å². The van der Waals surface area contributed by atoms with Gasteiger partial charge in [0.2, 0.25) is 0 Å². The Hall–Kier alpha value is -3.59. The third-order valence-electron chi connectivity index (χ3n) is 5.11. The van der Waals surface area contributed by atoms with E-state index in [9.17, 15) is 9.59 Å². The molecule has 0 saturated heterocycles. The number of aryl methyl sites for hydroxylation is 1. The van der Waals surface area contributed by atoms with E-state index >= 15 is 0 Å². The zero-order valence-electron chi connectivity index (χ0n) is 16.8. The average Bonchev–Trinajstić information content (AvgIpc) is 3.40. The molecule has 8 nitrogen and oxygen atoms in total. The number of esters is 1. The van der Waals surface area contributed by atoms with Crippen molar-refractivity contribution in [3.8, 4) is 11.3 Å². The Morgan fingerprint density at radius 3 is 2.81 bits per heavy atom. The molecule has 0 radical (unpaired) electrons. The van der Waals surface area contributed by atoms with Crippen molar-refractivity contribution in [2.75, 3.05) is 6.61 Å². The molecule has 4 aromatic heterocycles. The summed E-state index contributed by atoms with van der Waals surface area (Å²) in [6, 6.07) is 13.5. The average molecular weight is 433 g/mol. The topological polar surface area (TPSA) is 91.4 Å². The summed E-state index contributed by atoms with van der Waals surface area (Å²) in [6.45, 7) is 2.66. The maximum atomic E-state index is 13.3. The van der Waals surface area contributed by atoms with Crippen molar-refractivity contribution in [1.82, 2.24) is 24.4 Å². The first-order chi connectivity index (χ1) is 15.2. The molecule has 0 aliphatic rings. The summed E-state index contributed by atoms with van der Waals surface area (Å²) >= 11 is 1.35. The number of nitrogens with zero attached hydrogens (tertiary/aromatic N) is 5. The molecule has 156 valence electrons. The second-order valence-electron chi connectivity index (χ2n) is 7.04. The molecule has 0 spiro atoms. The van der Waals surface area contributed by atoms with E-state index in [-0.39, 0.29) is 17.9 Å². The molecule has 0 aliphatic carbocycles. The van der Waals surface area contributed by atoms with E-state index in [0.29, 0.717) is 35.6 Å². The number of hydrogen-bond acceptors (Lipinski definition) is 7. The van der Waals surface area contributed by atoms with Crippen LogP contribution < -0.4 is 5.56 Å². The maximum Gasteiger partial charge on any atom is 0.305 e. The maximum absolute atomic E-state index is 13.3. The van der Waals surface area contributed by atoms with Gasteiger partial charge in [-0.05, 0) is 25.5 Å². The standard InChI is InChI=1S/C22H19N5O3S/c1-2-30-16(28)11-7-13-26-18-15-10-6-12-23-20(15)31-19(18)22(29)27-21(26)17(24-25-27)14-8-4-3-5-9-14/h3-6,8-10,12H,2,7,11,13H2,1H3. The summed E-state index contributed by atoms with van der Waals surface area (Å²) < 4.78 is 9.03. The van der Waals surface area contributed by atoms with E-state index in [2.05, 4.69) is 15.3 Å². The minimum Gasteiger partial charge on any atom is -0.466 e. The number of benzene rings is 1. The molecule has 9 heteroatoms. The summed E-state index contributed by atoms with van der Waals surface area (Å²) in [5.74, 6) is -0.234. The Balaban J connectivity index is 1.77. The van der Waals surface area contributed by atoms with Crippen LogP contribution in [0.25, 0.3) is 37.3 Å². The van der Waals surface area contributed by atoms with Gasteiger partial charge in [-0.25, -0.2) is 4.98 Å². The molecule has 0 unspecified atom stereocenters. The van der Waals surface area contributed by atoms with Crippen LogP contribution in [0.4, 0.5) is 0 Å². The van der Waals surface area contributed by atoms with Crippen molar-refractivity contribution < 1.29 is 9.53 Å². The van der Waals surface area contributed by atoms with E-state index in [0.717, 1.165) is 21.3 Å². The van der Waals surface area contributed by atoms with Crippen LogP contribution in [0.5, 0.6) is 0 Å². The van der Waals surface area contributed by atoms with Gasteiger partial charge in [-0.2, -0.15) is 4.52 Å². The Morgan fingerprint density at radius 2 is 2.00 bits per heavy atom. The Kier molecular flexibility index (Phi) is 4.95. The molecular weight excluding hydrogens is 414 g/mol.